The molecule has 3 amide bonds. The molecular formula is C23H30N4O3S. The zero-order valence-corrected chi connectivity index (χ0v) is 19.3. The van der Waals surface area contributed by atoms with E-state index in [1.165, 1.54) is 17.8 Å². The van der Waals surface area contributed by atoms with Crippen molar-refractivity contribution in [3.8, 4) is 0 Å². The van der Waals surface area contributed by atoms with Crippen LogP contribution in [0.5, 0.6) is 0 Å². The van der Waals surface area contributed by atoms with E-state index >= 15 is 0 Å². The van der Waals surface area contributed by atoms with Crippen LogP contribution in [0.4, 0.5) is 16.4 Å². The van der Waals surface area contributed by atoms with E-state index in [1.807, 2.05) is 33.8 Å². The third-order valence-electron chi connectivity index (χ3n) is 5.27. The number of rotatable bonds is 5. The van der Waals surface area contributed by atoms with Gasteiger partial charge >= 0.3 is 0 Å². The Balaban J connectivity index is 1.86. The molecule has 1 aliphatic heterocycles. The number of nitrogens with zero attached hydrogens (tertiary/aromatic N) is 1. The van der Waals surface area contributed by atoms with Crippen molar-refractivity contribution in [3.63, 3.8) is 0 Å². The van der Waals surface area contributed by atoms with E-state index < -0.39 is 11.3 Å². The molecule has 166 valence electrons. The monoisotopic (exact) mass is 442 g/mol. The summed E-state index contributed by atoms with van der Waals surface area (Å²) in [7, 11) is 0. The van der Waals surface area contributed by atoms with Crippen molar-refractivity contribution in [1.82, 2.24) is 0 Å². The molecule has 0 radical (unpaired) electrons. The van der Waals surface area contributed by atoms with Gasteiger partial charge in [0.1, 0.15) is 0 Å². The van der Waals surface area contributed by atoms with Gasteiger partial charge in [0, 0.05) is 24.1 Å². The van der Waals surface area contributed by atoms with Crippen LogP contribution >= 0.6 is 11.3 Å². The minimum atomic E-state index is -0.542. The molecule has 8 heteroatoms. The van der Waals surface area contributed by atoms with Gasteiger partial charge in [-0.3, -0.25) is 14.4 Å². The zero-order valence-electron chi connectivity index (χ0n) is 18.5. The normalized spacial score (nSPS) is 14.3. The molecule has 0 bridgehead atoms. The van der Waals surface area contributed by atoms with Crippen molar-refractivity contribution in [3.05, 3.63) is 40.3 Å². The Morgan fingerprint density at radius 1 is 1.03 bits per heavy atom. The SMILES string of the molecule is Cc1cc(NC(=O)C(C)(C)C)sc1C(=O)Nc1cc(C(N)=O)ccc1N1CCCCC1. The molecule has 4 N–H and O–H groups in total. The van der Waals surface area contributed by atoms with E-state index in [2.05, 4.69) is 15.5 Å². The van der Waals surface area contributed by atoms with Crippen LogP contribution < -0.4 is 21.3 Å². The van der Waals surface area contributed by atoms with Crippen LogP contribution in [-0.4, -0.2) is 30.8 Å². The van der Waals surface area contributed by atoms with E-state index in [9.17, 15) is 14.4 Å². The third-order valence-corrected chi connectivity index (χ3v) is 6.42. The van der Waals surface area contributed by atoms with Crippen molar-refractivity contribution >= 4 is 45.4 Å². The summed E-state index contributed by atoms with van der Waals surface area (Å²) in [5, 5.41) is 6.47. The molecule has 31 heavy (non-hydrogen) atoms. The summed E-state index contributed by atoms with van der Waals surface area (Å²) in [6, 6.07) is 6.97. The minimum Gasteiger partial charge on any atom is -0.370 e. The number of thiophene rings is 1. The molecule has 0 aliphatic carbocycles. The zero-order chi connectivity index (χ0) is 22.8. The topological polar surface area (TPSA) is 105 Å². The third kappa shape index (κ3) is 5.44. The maximum Gasteiger partial charge on any atom is 0.266 e. The molecular weight excluding hydrogens is 412 g/mol. The number of anilines is 3. The van der Waals surface area contributed by atoms with Crippen molar-refractivity contribution in [2.75, 3.05) is 28.6 Å². The van der Waals surface area contributed by atoms with Gasteiger partial charge in [0.2, 0.25) is 11.8 Å². The standard InChI is InChI=1S/C23H30N4O3S/c1-14-12-18(26-22(30)23(2,3)4)31-19(14)21(29)25-16-13-15(20(24)28)8-9-17(16)27-10-6-5-7-11-27/h8-9,12-13H,5-7,10-11H2,1-4H3,(H2,24,28)(H,25,29)(H,26,30). The van der Waals surface area contributed by atoms with E-state index in [0.717, 1.165) is 37.2 Å². The van der Waals surface area contributed by atoms with Crippen LogP contribution in [-0.2, 0) is 4.79 Å². The second-order valence-corrected chi connectivity index (χ2v) is 9.98. The molecule has 0 unspecified atom stereocenters. The first-order valence-corrected chi connectivity index (χ1v) is 11.3. The Bertz CT molecular complexity index is 1000. The summed E-state index contributed by atoms with van der Waals surface area (Å²) >= 11 is 1.23. The summed E-state index contributed by atoms with van der Waals surface area (Å²) in [5.74, 6) is -0.930. The molecule has 1 aromatic heterocycles. The molecule has 1 aliphatic rings. The van der Waals surface area contributed by atoms with Crippen molar-refractivity contribution in [2.45, 2.75) is 47.0 Å². The average Bonchev–Trinajstić information content (AvgIpc) is 3.08. The molecule has 0 saturated carbocycles. The fourth-order valence-corrected chi connectivity index (χ4v) is 4.41. The highest BCUT2D eigenvalue weighted by atomic mass is 32.1. The fraction of sp³-hybridized carbons (Fsp3) is 0.435. The molecule has 1 aromatic carbocycles. The van der Waals surface area contributed by atoms with E-state index in [4.69, 9.17) is 5.73 Å². The molecule has 2 aromatic rings. The van der Waals surface area contributed by atoms with Gasteiger partial charge < -0.3 is 21.3 Å². The molecule has 3 rings (SSSR count). The van der Waals surface area contributed by atoms with Gasteiger partial charge in [-0.15, -0.1) is 11.3 Å². The van der Waals surface area contributed by atoms with Gasteiger partial charge in [0.05, 0.1) is 21.3 Å². The number of benzene rings is 1. The van der Waals surface area contributed by atoms with Crippen LogP contribution in [0.1, 0.15) is 65.6 Å². The van der Waals surface area contributed by atoms with Crippen LogP contribution in [0.3, 0.4) is 0 Å². The summed E-state index contributed by atoms with van der Waals surface area (Å²) in [6.45, 7) is 9.15. The second-order valence-electron chi connectivity index (χ2n) is 8.92. The highest BCUT2D eigenvalue weighted by molar-refractivity contribution is 7.18. The molecule has 1 saturated heterocycles. The molecule has 1 fully saturated rings. The molecule has 7 nitrogen and oxygen atoms in total. The number of piperidine rings is 1. The fourth-order valence-electron chi connectivity index (χ4n) is 3.45. The predicted molar refractivity (Wildman–Crippen MR) is 126 cm³/mol. The summed E-state index contributed by atoms with van der Waals surface area (Å²) in [5.41, 5.74) is 7.50. The van der Waals surface area contributed by atoms with Crippen molar-refractivity contribution in [2.24, 2.45) is 11.1 Å². The number of carbonyl (C=O) groups excluding carboxylic acids is 3. The number of nitrogens with one attached hydrogen (secondary N) is 2. The van der Waals surface area contributed by atoms with Crippen LogP contribution in [0.25, 0.3) is 0 Å². The number of nitrogens with two attached hydrogens (primary N) is 1. The van der Waals surface area contributed by atoms with Gasteiger partial charge in [-0.1, -0.05) is 20.8 Å². The maximum absolute atomic E-state index is 13.1. The van der Waals surface area contributed by atoms with Gasteiger partial charge in [-0.05, 0) is 56.0 Å². The van der Waals surface area contributed by atoms with Gasteiger partial charge in [0.25, 0.3) is 5.91 Å². The Labute approximate surface area is 187 Å². The van der Waals surface area contributed by atoms with E-state index in [-0.39, 0.29) is 11.8 Å². The number of hydrogen-bond acceptors (Lipinski definition) is 5. The number of carbonyl (C=O) groups is 3. The summed E-state index contributed by atoms with van der Waals surface area (Å²) < 4.78 is 0. The Morgan fingerprint density at radius 3 is 2.32 bits per heavy atom. The summed E-state index contributed by atoms with van der Waals surface area (Å²) in [4.78, 5) is 39.8. The smallest absolute Gasteiger partial charge is 0.266 e. The van der Waals surface area contributed by atoms with Crippen LogP contribution in [0.15, 0.2) is 24.3 Å². The number of aryl methyl sites for hydroxylation is 1. The van der Waals surface area contributed by atoms with Crippen molar-refractivity contribution < 1.29 is 14.4 Å². The first-order valence-electron chi connectivity index (χ1n) is 10.5. The summed E-state index contributed by atoms with van der Waals surface area (Å²) in [6.07, 6.45) is 3.37. The lowest BCUT2D eigenvalue weighted by molar-refractivity contribution is -0.123. The lowest BCUT2D eigenvalue weighted by Crippen LogP contribution is -2.30. The molecule has 0 spiro atoms. The lowest BCUT2D eigenvalue weighted by atomic mass is 9.96. The van der Waals surface area contributed by atoms with E-state index in [0.29, 0.717) is 21.1 Å². The lowest BCUT2D eigenvalue weighted by Gasteiger charge is -2.30. The number of amides is 3. The number of primary amides is 1. The van der Waals surface area contributed by atoms with Crippen LogP contribution in [0, 0.1) is 12.3 Å². The van der Waals surface area contributed by atoms with E-state index in [1.54, 1.807) is 18.2 Å². The van der Waals surface area contributed by atoms with Crippen molar-refractivity contribution in [1.29, 1.82) is 0 Å². The van der Waals surface area contributed by atoms with Gasteiger partial charge in [-0.25, -0.2) is 0 Å². The Morgan fingerprint density at radius 2 is 1.71 bits per heavy atom. The molecule has 0 atom stereocenters. The number of hydrogen-bond donors (Lipinski definition) is 3. The largest absolute Gasteiger partial charge is 0.370 e. The highest BCUT2D eigenvalue weighted by Gasteiger charge is 2.24. The maximum atomic E-state index is 13.1. The van der Waals surface area contributed by atoms with Gasteiger partial charge in [-0.2, -0.15) is 0 Å². The van der Waals surface area contributed by atoms with Crippen LogP contribution in [0.2, 0.25) is 0 Å². The highest BCUT2D eigenvalue weighted by Crippen LogP contribution is 2.33. The first kappa shape index (κ1) is 22.8. The second kappa shape index (κ2) is 9.09. The molecule has 2 heterocycles. The predicted octanol–water partition coefficient (Wildman–Crippen LogP) is 4.38. The minimum absolute atomic E-state index is 0.109. The van der Waals surface area contributed by atoms with Gasteiger partial charge in [0.15, 0.2) is 0 Å². The first-order chi connectivity index (χ1) is 14.6. The average molecular weight is 443 g/mol. The Hall–Kier alpha value is -2.87. The Kier molecular flexibility index (Phi) is 6.69. The quantitative estimate of drug-likeness (QED) is 0.639.